The highest BCUT2D eigenvalue weighted by Crippen LogP contribution is 2.27. The molecule has 0 aromatic carbocycles. The molecule has 22 heavy (non-hydrogen) atoms. The summed E-state index contributed by atoms with van der Waals surface area (Å²) in [5.74, 6) is 8.84. The summed E-state index contributed by atoms with van der Waals surface area (Å²) in [6.07, 6.45) is 11.4. The van der Waals surface area contributed by atoms with Gasteiger partial charge in [-0.15, -0.1) is 6.42 Å². The van der Waals surface area contributed by atoms with Crippen molar-refractivity contribution in [1.29, 1.82) is 0 Å². The Balaban J connectivity index is 1.98. The Morgan fingerprint density at radius 2 is 2.09 bits per heavy atom. The number of aromatic nitrogens is 4. The Morgan fingerprint density at radius 3 is 2.82 bits per heavy atom. The quantitative estimate of drug-likeness (QED) is 0.769. The minimum atomic E-state index is -0.940. The van der Waals surface area contributed by atoms with Crippen molar-refractivity contribution in [2.75, 3.05) is 5.73 Å². The fraction of sp³-hybridized carbons (Fsp3) is 0.438. The lowest BCUT2D eigenvalue weighted by molar-refractivity contribution is 0.0610. The third-order valence-corrected chi connectivity index (χ3v) is 3.84. The van der Waals surface area contributed by atoms with Crippen molar-refractivity contribution in [3.8, 4) is 24.2 Å². The van der Waals surface area contributed by atoms with Crippen LogP contribution in [0.25, 0.3) is 11.2 Å². The average molecular weight is 295 g/mol. The van der Waals surface area contributed by atoms with E-state index in [1.165, 1.54) is 0 Å². The first-order chi connectivity index (χ1) is 10.6. The molecule has 6 nitrogen and oxygen atoms in total. The molecular weight excluding hydrogens is 278 g/mol. The van der Waals surface area contributed by atoms with Gasteiger partial charge in [0.1, 0.15) is 11.1 Å². The van der Waals surface area contributed by atoms with Gasteiger partial charge in [-0.05, 0) is 31.6 Å². The van der Waals surface area contributed by atoms with Gasteiger partial charge in [0.25, 0.3) is 0 Å². The monoisotopic (exact) mass is 295 g/mol. The lowest BCUT2D eigenvalue weighted by Crippen LogP contribution is -2.29. The van der Waals surface area contributed by atoms with Crippen LogP contribution in [0, 0.1) is 24.2 Å². The number of aliphatic hydroxyl groups is 1. The molecule has 0 unspecified atom stereocenters. The lowest BCUT2D eigenvalue weighted by atomic mass is 9.85. The summed E-state index contributed by atoms with van der Waals surface area (Å²) in [4.78, 5) is 12.7. The van der Waals surface area contributed by atoms with Crippen LogP contribution >= 0.6 is 0 Å². The van der Waals surface area contributed by atoms with Gasteiger partial charge in [-0.1, -0.05) is 18.3 Å². The topological polar surface area (TPSA) is 89.9 Å². The van der Waals surface area contributed by atoms with E-state index >= 15 is 0 Å². The number of rotatable bonds is 1. The first kappa shape index (κ1) is 14.4. The number of terminal acetylenes is 1. The number of nitrogen functional groups attached to an aromatic ring is 1. The second-order valence-corrected chi connectivity index (χ2v) is 5.52. The van der Waals surface area contributed by atoms with Crippen LogP contribution in [-0.4, -0.2) is 30.2 Å². The van der Waals surface area contributed by atoms with Crippen LogP contribution in [-0.2, 0) is 6.54 Å². The molecule has 1 aliphatic rings. The van der Waals surface area contributed by atoms with Crippen LogP contribution < -0.4 is 5.73 Å². The first-order valence-corrected chi connectivity index (χ1v) is 7.29. The number of anilines is 1. The highest BCUT2D eigenvalue weighted by atomic mass is 16.3. The molecule has 3 N–H and O–H groups in total. The zero-order valence-electron chi connectivity index (χ0n) is 12.2. The Labute approximate surface area is 128 Å². The molecule has 2 aromatic rings. The van der Waals surface area contributed by atoms with Crippen molar-refractivity contribution >= 4 is 17.0 Å². The average Bonchev–Trinajstić information content (AvgIpc) is 2.90. The second kappa shape index (κ2) is 5.67. The molecule has 3 rings (SSSR count). The van der Waals surface area contributed by atoms with E-state index in [9.17, 15) is 5.11 Å². The van der Waals surface area contributed by atoms with Gasteiger partial charge in [0.2, 0.25) is 5.82 Å². The summed E-state index contributed by atoms with van der Waals surface area (Å²) in [6.45, 7) is 0.351. The largest absolute Gasteiger partial charge is 0.382 e. The molecule has 112 valence electrons. The highest BCUT2D eigenvalue weighted by Gasteiger charge is 2.26. The van der Waals surface area contributed by atoms with Gasteiger partial charge in [0.15, 0.2) is 11.5 Å². The SMILES string of the molecule is C#CCn1cnc2c(N)nc(C#CC3(O)CCCCC3)nc21. The smallest absolute Gasteiger partial charge is 0.209 e. The fourth-order valence-corrected chi connectivity index (χ4v) is 2.67. The Hall–Kier alpha value is -2.57. The van der Waals surface area contributed by atoms with Crippen LogP contribution in [0.4, 0.5) is 5.82 Å². The molecule has 0 radical (unpaired) electrons. The van der Waals surface area contributed by atoms with E-state index in [4.69, 9.17) is 12.2 Å². The van der Waals surface area contributed by atoms with Crippen molar-refractivity contribution in [1.82, 2.24) is 19.5 Å². The van der Waals surface area contributed by atoms with Gasteiger partial charge < -0.3 is 15.4 Å². The van der Waals surface area contributed by atoms with E-state index in [2.05, 4.69) is 32.7 Å². The van der Waals surface area contributed by atoms with Gasteiger partial charge in [-0.3, -0.25) is 0 Å². The molecule has 1 saturated carbocycles. The molecule has 1 aliphatic carbocycles. The van der Waals surface area contributed by atoms with Crippen LogP contribution in [0.5, 0.6) is 0 Å². The number of nitrogens with zero attached hydrogens (tertiary/aromatic N) is 4. The molecule has 1 fully saturated rings. The third-order valence-electron chi connectivity index (χ3n) is 3.84. The molecule has 0 spiro atoms. The van der Waals surface area contributed by atoms with Gasteiger partial charge in [-0.2, -0.15) is 0 Å². The van der Waals surface area contributed by atoms with E-state index in [0.717, 1.165) is 19.3 Å². The molecule has 0 bridgehead atoms. The Bertz CT molecular complexity index is 800. The molecular formula is C16H17N5O. The van der Waals surface area contributed by atoms with Crippen molar-refractivity contribution in [2.45, 2.75) is 44.2 Å². The van der Waals surface area contributed by atoms with Gasteiger partial charge in [-0.25, -0.2) is 15.0 Å². The van der Waals surface area contributed by atoms with Crippen LogP contribution in [0.15, 0.2) is 6.33 Å². The molecule has 0 saturated heterocycles. The van der Waals surface area contributed by atoms with Crippen LogP contribution in [0.3, 0.4) is 0 Å². The number of hydrogen-bond acceptors (Lipinski definition) is 5. The minimum Gasteiger partial charge on any atom is -0.382 e. The predicted molar refractivity (Wildman–Crippen MR) is 83.5 cm³/mol. The molecule has 0 atom stereocenters. The summed E-state index contributed by atoms with van der Waals surface area (Å²) in [5.41, 5.74) is 6.03. The van der Waals surface area contributed by atoms with Gasteiger partial charge >= 0.3 is 0 Å². The van der Waals surface area contributed by atoms with Gasteiger partial charge in [0, 0.05) is 0 Å². The van der Waals surface area contributed by atoms with Crippen molar-refractivity contribution in [2.24, 2.45) is 0 Å². The normalized spacial score (nSPS) is 16.7. The van der Waals surface area contributed by atoms with Crippen molar-refractivity contribution in [3.05, 3.63) is 12.2 Å². The molecule has 0 amide bonds. The van der Waals surface area contributed by atoms with Crippen LogP contribution in [0.1, 0.15) is 37.9 Å². The third kappa shape index (κ3) is 2.74. The van der Waals surface area contributed by atoms with Crippen molar-refractivity contribution in [3.63, 3.8) is 0 Å². The van der Waals surface area contributed by atoms with Gasteiger partial charge in [0.05, 0.1) is 12.9 Å². The molecule has 2 heterocycles. The van der Waals surface area contributed by atoms with E-state index in [1.54, 1.807) is 10.9 Å². The number of nitrogens with two attached hydrogens (primary N) is 1. The summed E-state index contributed by atoms with van der Waals surface area (Å²) in [7, 11) is 0. The Kier molecular flexibility index (Phi) is 3.70. The van der Waals surface area contributed by atoms with Crippen molar-refractivity contribution < 1.29 is 5.11 Å². The lowest BCUT2D eigenvalue weighted by Gasteiger charge is -2.26. The molecule has 6 heteroatoms. The number of hydrogen-bond donors (Lipinski definition) is 2. The summed E-state index contributed by atoms with van der Waals surface area (Å²) in [5, 5.41) is 10.4. The fourth-order valence-electron chi connectivity index (χ4n) is 2.67. The predicted octanol–water partition coefficient (Wildman–Crippen LogP) is 1.09. The van der Waals surface area contributed by atoms with E-state index in [1.807, 2.05) is 0 Å². The maximum atomic E-state index is 10.4. The van der Waals surface area contributed by atoms with Crippen LogP contribution in [0.2, 0.25) is 0 Å². The molecule has 2 aromatic heterocycles. The number of imidazole rings is 1. The highest BCUT2D eigenvalue weighted by molar-refractivity contribution is 5.82. The summed E-state index contributed by atoms with van der Waals surface area (Å²) in [6, 6.07) is 0. The zero-order chi connectivity index (χ0) is 15.6. The maximum Gasteiger partial charge on any atom is 0.209 e. The summed E-state index contributed by atoms with van der Waals surface area (Å²) < 4.78 is 1.72. The van der Waals surface area contributed by atoms with E-state index in [0.29, 0.717) is 30.6 Å². The maximum absolute atomic E-state index is 10.4. The first-order valence-electron chi connectivity index (χ1n) is 7.29. The van der Waals surface area contributed by atoms with E-state index < -0.39 is 5.60 Å². The standard InChI is InChI=1S/C16H17N5O/c1-2-10-21-11-18-13-14(17)19-12(20-15(13)21)6-9-16(22)7-4-3-5-8-16/h1,11,22H,3-5,7-8,10H2,(H2,17,19,20). The number of fused-ring (bicyclic) bond motifs is 1. The van der Waals surface area contributed by atoms with E-state index in [-0.39, 0.29) is 11.6 Å². The Morgan fingerprint density at radius 1 is 1.32 bits per heavy atom. The zero-order valence-corrected chi connectivity index (χ0v) is 12.2. The second-order valence-electron chi connectivity index (χ2n) is 5.52. The minimum absolute atomic E-state index is 0.265. The molecule has 0 aliphatic heterocycles. The summed E-state index contributed by atoms with van der Waals surface area (Å²) >= 11 is 0.